The van der Waals surface area contributed by atoms with Crippen molar-refractivity contribution in [1.29, 1.82) is 0 Å². The number of methoxy groups -OCH3 is 1. The molecule has 1 aliphatic rings. The lowest BCUT2D eigenvalue weighted by Crippen LogP contribution is -2.41. The van der Waals surface area contributed by atoms with E-state index >= 15 is 0 Å². The van der Waals surface area contributed by atoms with Crippen molar-refractivity contribution in [2.75, 3.05) is 20.2 Å². The summed E-state index contributed by atoms with van der Waals surface area (Å²) in [4.78, 5) is 4.57. The minimum Gasteiger partial charge on any atom is -0.508 e. The average molecular weight is 499 g/mol. The van der Waals surface area contributed by atoms with Crippen LogP contribution in [0.15, 0.2) is 47.5 Å². The molecule has 0 unspecified atom stereocenters. The standard InChI is InChI=1S/C21H26FN3O2.HI/c1-3-23-20(24-13-15-11-18(27-2)7-8-19(15)26)25-14-21(9-10-21)16-5-4-6-17(22)12-16;/h4-8,11-12,26H,3,9-10,13-14H2,1-2H3,(H2,23,24,25);1H. The number of nitrogens with one attached hydrogen (secondary N) is 2. The molecule has 1 aliphatic carbocycles. The van der Waals surface area contributed by atoms with Gasteiger partial charge in [-0.2, -0.15) is 0 Å². The number of ether oxygens (including phenoxy) is 1. The van der Waals surface area contributed by atoms with Crippen LogP contribution in [0.3, 0.4) is 0 Å². The van der Waals surface area contributed by atoms with Crippen LogP contribution in [-0.2, 0) is 12.0 Å². The van der Waals surface area contributed by atoms with Gasteiger partial charge in [0.2, 0.25) is 0 Å². The fourth-order valence-electron chi connectivity index (χ4n) is 3.11. The molecule has 0 aliphatic heterocycles. The van der Waals surface area contributed by atoms with Gasteiger partial charge in [0.15, 0.2) is 5.96 Å². The second-order valence-electron chi connectivity index (χ2n) is 6.83. The van der Waals surface area contributed by atoms with Gasteiger partial charge in [-0.05, 0) is 55.7 Å². The third kappa shape index (κ3) is 5.50. The highest BCUT2D eigenvalue weighted by molar-refractivity contribution is 14.0. The van der Waals surface area contributed by atoms with E-state index < -0.39 is 0 Å². The summed E-state index contributed by atoms with van der Waals surface area (Å²) < 4.78 is 18.8. The van der Waals surface area contributed by atoms with Crippen molar-refractivity contribution in [2.45, 2.75) is 31.7 Å². The van der Waals surface area contributed by atoms with E-state index in [2.05, 4.69) is 15.6 Å². The molecule has 0 amide bonds. The molecule has 7 heteroatoms. The number of hydrogen-bond donors (Lipinski definition) is 3. The van der Waals surface area contributed by atoms with E-state index in [9.17, 15) is 9.50 Å². The van der Waals surface area contributed by atoms with E-state index in [-0.39, 0.29) is 41.0 Å². The fraction of sp³-hybridized carbons (Fsp3) is 0.381. The molecule has 28 heavy (non-hydrogen) atoms. The van der Waals surface area contributed by atoms with E-state index in [1.807, 2.05) is 13.0 Å². The Kier molecular flexibility index (Phi) is 7.91. The number of benzene rings is 2. The Morgan fingerprint density at radius 3 is 2.64 bits per heavy atom. The van der Waals surface area contributed by atoms with Gasteiger partial charge in [0.25, 0.3) is 0 Å². The molecule has 0 saturated heterocycles. The van der Waals surface area contributed by atoms with Gasteiger partial charge in [-0.15, -0.1) is 24.0 Å². The molecule has 2 aromatic rings. The van der Waals surface area contributed by atoms with E-state index in [4.69, 9.17) is 4.74 Å². The molecule has 2 aromatic carbocycles. The molecule has 0 atom stereocenters. The third-order valence-electron chi connectivity index (χ3n) is 4.92. The van der Waals surface area contributed by atoms with E-state index in [0.29, 0.717) is 30.4 Å². The number of nitrogens with zero attached hydrogens (tertiary/aromatic N) is 1. The topological polar surface area (TPSA) is 65.9 Å². The molecule has 0 heterocycles. The number of aliphatic imine (C=N–C) groups is 1. The molecule has 5 nitrogen and oxygen atoms in total. The van der Waals surface area contributed by atoms with Crippen LogP contribution in [0.5, 0.6) is 11.5 Å². The van der Waals surface area contributed by atoms with Crippen molar-refractivity contribution in [3.63, 3.8) is 0 Å². The monoisotopic (exact) mass is 499 g/mol. The average Bonchev–Trinajstić information content (AvgIpc) is 3.46. The maximum absolute atomic E-state index is 13.6. The molecule has 152 valence electrons. The lowest BCUT2D eigenvalue weighted by molar-refractivity contribution is 0.411. The molecule has 0 bridgehead atoms. The minimum atomic E-state index is -0.201. The predicted molar refractivity (Wildman–Crippen MR) is 120 cm³/mol. The summed E-state index contributed by atoms with van der Waals surface area (Å²) in [5, 5.41) is 16.6. The van der Waals surface area contributed by atoms with Crippen LogP contribution in [0.2, 0.25) is 0 Å². The van der Waals surface area contributed by atoms with Crippen LogP contribution >= 0.6 is 24.0 Å². The number of rotatable bonds is 7. The van der Waals surface area contributed by atoms with Crippen molar-refractivity contribution in [2.24, 2.45) is 4.99 Å². The molecule has 3 rings (SSSR count). The summed E-state index contributed by atoms with van der Waals surface area (Å²) in [6, 6.07) is 11.9. The van der Waals surface area contributed by atoms with Gasteiger partial charge in [-0.1, -0.05) is 12.1 Å². The number of halogens is 2. The Morgan fingerprint density at radius 2 is 2.00 bits per heavy atom. The molecule has 1 saturated carbocycles. The van der Waals surface area contributed by atoms with Gasteiger partial charge in [0.1, 0.15) is 17.3 Å². The zero-order valence-corrected chi connectivity index (χ0v) is 18.5. The SMILES string of the molecule is CCNC(=NCc1cc(OC)ccc1O)NCC1(c2cccc(F)c2)CC1.I. The maximum atomic E-state index is 13.6. The number of aromatic hydroxyl groups is 1. The Morgan fingerprint density at radius 1 is 1.21 bits per heavy atom. The van der Waals surface area contributed by atoms with Crippen molar-refractivity contribution in [1.82, 2.24) is 10.6 Å². The summed E-state index contributed by atoms with van der Waals surface area (Å²) in [6.45, 7) is 3.74. The van der Waals surface area contributed by atoms with Crippen LogP contribution in [0.4, 0.5) is 4.39 Å². The second-order valence-corrected chi connectivity index (χ2v) is 6.83. The van der Waals surface area contributed by atoms with Crippen molar-refractivity contribution >= 4 is 29.9 Å². The first kappa shape index (κ1) is 22.3. The highest BCUT2D eigenvalue weighted by atomic mass is 127. The number of guanidine groups is 1. The van der Waals surface area contributed by atoms with Crippen LogP contribution in [-0.4, -0.2) is 31.3 Å². The quantitative estimate of drug-likeness (QED) is 0.307. The molecular weight excluding hydrogens is 472 g/mol. The van der Waals surface area contributed by atoms with Gasteiger partial charge in [0, 0.05) is 24.1 Å². The van der Waals surface area contributed by atoms with Gasteiger partial charge in [0.05, 0.1) is 13.7 Å². The van der Waals surface area contributed by atoms with Gasteiger partial charge in [-0.3, -0.25) is 0 Å². The van der Waals surface area contributed by atoms with Crippen LogP contribution in [0.25, 0.3) is 0 Å². The molecule has 3 N–H and O–H groups in total. The second kappa shape index (κ2) is 9.95. The zero-order chi connectivity index (χ0) is 19.3. The molecule has 1 fully saturated rings. The molecule has 0 aromatic heterocycles. The zero-order valence-electron chi connectivity index (χ0n) is 16.2. The maximum Gasteiger partial charge on any atom is 0.191 e. The van der Waals surface area contributed by atoms with Crippen LogP contribution in [0, 0.1) is 5.82 Å². The Hall–Kier alpha value is -2.03. The summed E-state index contributed by atoms with van der Waals surface area (Å²) in [5.41, 5.74) is 1.69. The number of phenolic OH excluding ortho intramolecular Hbond substituents is 1. The minimum absolute atomic E-state index is 0. The third-order valence-corrected chi connectivity index (χ3v) is 4.92. The lowest BCUT2D eigenvalue weighted by atomic mass is 9.96. The molecule has 0 spiro atoms. The molecular formula is C21H27FIN3O2. The fourth-order valence-corrected chi connectivity index (χ4v) is 3.11. The van der Waals surface area contributed by atoms with E-state index in [1.54, 1.807) is 37.4 Å². The summed E-state index contributed by atoms with van der Waals surface area (Å²) in [5.74, 6) is 1.34. The van der Waals surface area contributed by atoms with Crippen molar-refractivity contribution in [3.05, 3.63) is 59.4 Å². The smallest absolute Gasteiger partial charge is 0.191 e. The van der Waals surface area contributed by atoms with Gasteiger partial charge < -0.3 is 20.5 Å². The Balaban J connectivity index is 0.00000280. The summed E-state index contributed by atoms with van der Waals surface area (Å²) in [6.07, 6.45) is 2.05. The van der Waals surface area contributed by atoms with Crippen molar-refractivity contribution in [3.8, 4) is 11.5 Å². The number of hydrogen-bond acceptors (Lipinski definition) is 3. The van der Waals surface area contributed by atoms with Crippen LogP contribution in [0.1, 0.15) is 30.9 Å². The largest absolute Gasteiger partial charge is 0.508 e. The van der Waals surface area contributed by atoms with Gasteiger partial charge >= 0.3 is 0 Å². The summed E-state index contributed by atoms with van der Waals surface area (Å²) in [7, 11) is 1.59. The first-order valence-electron chi connectivity index (χ1n) is 9.20. The van der Waals surface area contributed by atoms with Crippen molar-refractivity contribution < 1.29 is 14.2 Å². The predicted octanol–water partition coefficient (Wildman–Crippen LogP) is 3.94. The highest BCUT2D eigenvalue weighted by Gasteiger charge is 2.44. The Labute approximate surface area is 182 Å². The van der Waals surface area contributed by atoms with E-state index in [0.717, 1.165) is 24.9 Å². The van der Waals surface area contributed by atoms with Gasteiger partial charge in [-0.25, -0.2) is 9.38 Å². The number of phenols is 1. The highest BCUT2D eigenvalue weighted by Crippen LogP contribution is 2.47. The summed E-state index contributed by atoms with van der Waals surface area (Å²) >= 11 is 0. The first-order chi connectivity index (χ1) is 13.1. The molecule has 0 radical (unpaired) electrons. The normalized spacial score (nSPS) is 14.8. The Bertz CT molecular complexity index is 825. The lowest BCUT2D eigenvalue weighted by Gasteiger charge is -2.19. The first-order valence-corrected chi connectivity index (χ1v) is 9.20. The van der Waals surface area contributed by atoms with Crippen LogP contribution < -0.4 is 15.4 Å². The van der Waals surface area contributed by atoms with E-state index in [1.165, 1.54) is 6.07 Å².